The number of carbonyl (C=O) groups is 2. The van der Waals surface area contributed by atoms with Crippen LogP contribution in [0.3, 0.4) is 0 Å². The second kappa shape index (κ2) is 6.56. The topological polar surface area (TPSA) is 74.3 Å². The lowest BCUT2D eigenvalue weighted by Crippen LogP contribution is -2.20. The first-order chi connectivity index (χ1) is 8.47. The van der Waals surface area contributed by atoms with E-state index in [0.29, 0.717) is 18.7 Å². The molecule has 1 aromatic rings. The number of ketones is 1. The maximum Gasteiger partial charge on any atom is 0.243 e. The van der Waals surface area contributed by atoms with Gasteiger partial charge < -0.3 is 15.0 Å². The maximum absolute atomic E-state index is 11.6. The Balaban J connectivity index is 2.69. The molecule has 0 radical (unpaired) electrons. The van der Waals surface area contributed by atoms with E-state index in [9.17, 15) is 9.59 Å². The minimum atomic E-state index is -0.492. The lowest BCUT2D eigenvalue weighted by atomic mass is 10.2. The van der Waals surface area contributed by atoms with Crippen LogP contribution in [0.5, 0.6) is 0 Å². The number of nitrogens with two attached hydrogens (primary N) is 1. The number of alkyl halides is 1. The molecule has 0 aliphatic heterocycles. The average Bonchev–Trinajstić information content (AvgIpc) is 2.60. The summed E-state index contributed by atoms with van der Waals surface area (Å²) in [5.74, 6) is -0.606. The summed E-state index contributed by atoms with van der Waals surface area (Å²) in [7, 11) is 0. The van der Waals surface area contributed by atoms with Crippen molar-refractivity contribution < 1.29 is 14.3 Å². The Bertz CT molecular complexity index is 454. The van der Waals surface area contributed by atoms with E-state index in [1.54, 1.807) is 0 Å². The first-order valence-electron chi connectivity index (χ1n) is 5.59. The molecular weight excluding hydrogens is 256 g/mol. The molecule has 0 aliphatic carbocycles. The Kier molecular flexibility index (Phi) is 5.37. The van der Waals surface area contributed by atoms with Crippen LogP contribution >= 0.6 is 11.6 Å². The summed E-state index contributed by atoms with van der Waals surface area (Å²) < 4.78 is 7.06. The summed E-state index contributed by atoms with van der Waals surface area (Å²) in [6.45, 7) is 4.62. The third-order valence-corrected chi connectivity index (χ3v) is 2.94. The van der Waals surface area contributed by atoms with Crippen LogP contribution in [0.25, 0.3) is 0 Å². The third kappa shape index (κ3) is 3.58. The Hall–Kier alpha value is -1.33. The molecule has 1 aromatic heterocycles. The molecule has 0 bridgehead atoms. The van der Waals surface area contributed by atoms with E-state index in [4.69, 9.17) is 22.1 Å². The van der Waals surface area contributed by atoms with Gasteiger partial charge in [-0.05, 0) is 19.9 Å². The van der Waals surface area contributed by atoms with E-state index in [1.807, 2.05) is 24.5 Å². The highest BCUT2D eigenvalue weighted by Gasteiger charge is 2.14. The second-order valence-corrected chi connectivity index (χ2v) is 4.28. The number of hydrogen-bond acceptors (Lipinski definition) is 3. The number of amides is 1. The molecule has 1 amide bonds. The number of aromatic nitrogens is 1. The van der Waals surface area contributed by atoms with E-state index in [2.05, 4.69) is 0 Å². The molecule has 6 heteroatoms. The van der Waals surface area contributed by atoms with Gasteiger partial charge in [-0.15, -0.1) is 11.6 Å². The second-order valence-electron chi connectivity index (χ2n) is 4.01. The Labute approximate surface area is 111 Å². The number of aryl methyl sites for hydroxylation is 1. The van der Waals surface area contributed by atoms with Crippen molar-refractivity contribution in [1.29, 1.82) is 0 Å². The van der Waals surface area contributed by atoms with Gasteiger partial charge in [-0.25, -0.2) is 0 Å². The van der Waals surface area contributed by atoms with Crippen molar-refractivity contribution in [3.05, 3.63) is 23.0 Å². The van der Waals surface area contributed by atoms with Crippen LogP contribution in [0.15, 0.2) is 6.07 Å². The number of hydrogen-bond donors (Lipinski definition) is 1. The first kappa shape index (κ1) is 14.7. The summed E-state index contributed by atoms with van der Waals surface area (Å²) in [6.07, 6.45) is 0. The van der Waals surface area contributed by atoms with E-state index in [1.165, 1.54) is 0 Å². The predicted octanol–water partition coefficient (Wildman–Crippen LogP) is 1.03. The number of rotatable bonds is 7. The Morgan fingerprint density at radius 3 is 2.67 bits per heavy atom. The fraction of sp³-hybridized carbons (Fsp3) is 0.500. The van der Waals surface area contributed by atoms with Gasteiger partial charge in [0.05, 0.1) is 12.5 Å². The maximum atomic E-state index is 11.6. The standard InChI is InChI=1S/C12H17ClN2O3/c1-8-5-10(11(16)6-13)9(2)15(8)3-4-18-7-12(14)17/h5H,3-4,6-7H2,1-2H3,(H2,14,17). The number of halogens is 1. The molecule has 5 nitrogen and oxygen atoms in total. The fourth-order valence-corrected chi connectivity index (χ4v) is 1.97. The third-order valence-electron chi connectivity index (χ3n) is 2.70. The van der Waals surface area contributed by atoms with Crippen molar-refractivity contribution >= 4 is 23.3 Å². The summed E-state index contributed by atoms with van der Waals surface area (Å²) >= 11 is 5.55. The zero-order chi connectivity index (χ0) is 13.7. The van der Waals surface area contributed by atoms with Crippen LogP contribution < -0.4 is 5.73 Å². The molecule has 0 aromatic carbocycles. The average molecular weight is 273 g/mol. The van der Waals surface area contributed by atoms with Crippen molar-refractivity contribution in [2.45, 2.75) is 20.4 Å². The van der Waals surface area contributed by atoms with Crippen molar-refractivity contribution in [2.24, 2.45) is 5.73 Å². The van der Waals surface area contributed by atoms with E-state index in [-0.39, 0.29) is 18.3 Å². The zero-order valence-electron chi connectivity index (χ0n) is 10.5. The molecule has 18 heavy (non-hydrogen) atoms. The summed E-state index contributed by atoms with van der Waals surface area (Å²) in [6, 6.07) is 1.81. The van der Waals surface area contributed by atoms with E-state index < -0.39 is 5.91 Å². The minimum absolute atomic E-state index is 0.0253. The monoisotopic (exact) mass is 272 g/mol. The summed E-state index contributed by atoms with van der Waals surface area (Å²) in [5, 5.41) is 0. The highest BCUT2D eigenvalue weighted by molar-refractivity contribution is 6.30. The molecule has 0 aliphatic rings. The molecule has 1 rings (SSSR count). The van der Waals surface area contributed by atoms with Gasteiger partial charge in [0.2, 0.25) is 5.91 Å². The van der Waals surface area contributed by atoms with Crippen molar-refractivity contribution in [3.63, 3.8) is 0 Å². The van der Waals surface area contributed by atoms with Crippen molar-refractivity contribution in [2.75, 3.05) is 19.1 Å². The van der Waals surface area contributed by atoms with Gasteiger partial charge in [-0.2, -0.15) is 0 Å². The van der Waals surface area contributed by atoms with Crippen LogP contribution in [0.2, 0.25) is 0 Å². The highest BCUT2D eigenvalue weighted by Crippen LogP contribution is 2.16. The number of Topliss-reactive ketones (excluding diaryl/α,β-unsaturated/α-hetero) is 1. The molecule has 100 valence electrons. The van der Waals surface area contributed by atoms with Crippen LogP contribution in [-0.2, 0) is 16.1 Å². The Morgan fingerprint density at radius 2 is 2.11 bits per heavy atom. The first-order valence-corrected chi connectivity index (χ1v) is 6.12. The van der Waals surface area contributed by atoms with Crippen LogP contribution in [-0.4, -0.2) is 35.4 Å². The highest BCUT2D eigenvalue weighted by atomic mass is 35.5. The molecule has 0 fully saturated rings. The van der Waals surface area contributed by atoms with Gasteiger partial charge in [0.25, 0.3) is 0 Å². The van der Waals surface area contributed by atoms with Crippen LogP contribution in [0.4, 0.5) is 0 Å². The quantitative estimate of drug-likeness (QED) is 0.458. The SMILES string of the molecule is Cc1cc(C(=O)CCl)c(C)n1CCOCC(N)=O. The largest absolute Gasteiger partial charge is 0.370 e. The number of ether oxygens (including phenoxy) is 1. The predicted molar refractivity (Wildman–Crippen MR) is 69.0 cm³/mol. The van der Waals surface area contributed by atoms with Crippen molar-refractivity contribution in [3.8, 4) is 0 Å². The van der Waals surface area contributed by atoms with Gasteiger partial charge in [0, 0.05) is 23.5 Å². The van der Waals surface area contributed by atoms with E-state index in [0.717, 1.165) is 11.4 Å². The van der Waals surface area contributed by atoms with E-state index >= 15 is 0 Å². The van der Waals surface area contributed by atoms with Crippen molar-refractivity contribution in [1.82, 2.24) is 4.57 Å². The van der Waals surface area contributed by atoms with Crippen LogP contribution in [0, 0.1) is 13.8 Å². The fourth-order valence-electron chi connectivity index (χ4n) is 1.83. The van der Waals surface area contributed by atoms with Gasteiger partial charge in [-0.3, -0.25) is 9.59 Å². The molecule has 0 saturated heterocycles. The van der Waals surface area contributed by atoms with Gasteiger partial charge in [-0.1, -0.05) is 0 Å². The molecule has 0 unspecified atom stereocenters. The lowest BCUT2D eigenvalue weighted by Gasteiger charge is -2.09. The lowest BCUT2D eigenvalue weighted by molar-refractivity contribution is -0.122. The van der Waals surface area contributed by atoms with Gasteiger partial charge in [0.15, 0.2) is 5.78 Å². The zero-order valence-corrected chi connectivity index (χ0v) is 11.3. The van der Waals surface area contributed by atoms with Gasteiger partial charge >= 0.3 is 0 Å². The van der Waals surface area contributed by atoms with Crippen LogP contribution in [0.1, 0.15) is 21.7 Å². The van der Waals surface area contributed by atoms with Gasteiger partial charge in [0.1, 0.15) is 6.61 Å². The molecule has 1 heterocycles. The Morgan fingerprint density at radius 1 is 1.44 bits per heavy atom. The smallest absolute Gasteiger partial charge is 0.243 e. The summed E-state index contributed by atoms with van der Waals surface area (Å²) in [5.41, 5.74) is 7.42. The number of primary amides is 1. The summed E-state index contributed by atoms with van der Waals surface area (Å²) in [4.78, 5) is 22.1. The number of carbonyl (C=O) groups excluding carboxylic acids is 2. The number of nitrogens with zero attached hydrogens (tertiary/aromatic N) is 1. The molecular formula is C12H17ClN2O3. The molecule has 2 N–H and O–H groups in total. The molecule has 0 atom stereocenters. The molecule has 0 spiro atoms. The minimum Gasteiger partial charge on any atom is -0.370 e. The molecule has 0 saturated carbocycles. The normalized spacial score (nSPS) is 10.6.